The number of ether oxygens (including phenoxy) is 2. The van der Waals surface area contributed by atoms with Crippen molar-refractivity contribution in [2.24, 2.45) is 5.73 Å². The summed E-state index contributed by atoms with van der Waals surface area (Å²) < 4.78 is 11.3. The summed E-state index contributed by atoms with van der Waals surface area (Å²) in [6.07, 6.45) is 4.92. The SMILES string of the molecule is COc1c(Cl)cc(C(N)CCC(=O)O)cc1OC1CCCC1. The van der Waals surface area contributed by atoms with Crippen LogP contribution in [0.5, 0.6) is 11.5 Å². The van der Waals surface area contributed by atoms with Crippen LogP contribution in [0.4, 0.5) is 0 Å². The van der Waals surface area contributed by atoms with Crippen LogP contribution < -0.4 is 15.2 Å². The van der Waals surface area contributed by atoms with Crippen LogP contribution in [-0.4, -0.2) is 24.3 Å². The van der Waals surface area contributed by atoms with E-state index in [1.165, 1.54) is 12.8 Å². The Morgan fingerprint density at radius 3 is 2.73 bits per heavy atom. The highest BCUT2D eigenvalue weighted by Gasteiger charge is 2.21. The topological polar surface area (TPSA) is 81.8 Å². The molecule has 0 amide bonds. The third kappa shape index (κ3) is 4.27. The smallest absolute Gasteiger partial charge is 0.303 e. The number of carboxylic acid groups (broad SMARTS) is 1. The molecule has 6 heteroatoms. The number of rotatable bonds is 7. The van der Waals surface area contributed by atoms with Crippen LogP contribution in [0, 0.1) is 0 Å². The Hall–Kier alpha value is -1.46. The lowest BCUT2D eigenvalue weighted by Gasteiger charge is -2.19. The molecule has 1 aliphatic carbocycles. The summed E-state index contributed by atoms with van der Waals surface area (Å²) in [6.45, 7) is 0. The fourth-order valence-electron chi connectivity index (χ4n) is 2.72. The van der Waals surface area contributed by atoms with Gasteiger partial charge < -0.3 is 20.3 Å². The standard InChI is InChI=1S/C16H22ClNO4/c1-21-16-12(17)8-10(13(18)6-7-15(19)20)9-14(16)22-11-4-2-3-5-11/h8-9,11,13H,2-7,18H2,1H3,(H,19,20). The van der Waals surface area contributed by atoms with Crippen LogP contribution >= 0.6 is 11.6 Å². The van der Waals surface area contributed by atoms with Gasteiger partial charge in [0.05, 0.1) is 18.2 Å². The Kier molecular flexibility index (Phi) is 5.91. The average Bonchev–Trinajstić information content (AvgIpc) is 2.97. The molecule has 122 valence electrons. The van der Waals surface area contributed by atoms with Crippen LogP contribution in [0.15, 0.2) is 12.1 Å². The first kappa shape index (κ1) is 16.9. The molecule has 0 aromatic heterocycles. The number of nitrogens with two attached hydrogens (primary N) is 1. The van der Waals surface area contributed by atoms with Gasteiger partial charge >= 0.3 is 5.97 Å². The third-order valence-electron chi connectivity index (χ3n) is 3.93. The van der Waals surface area contributed by atoms with E-state index in [0.29, 0.717) is 22.9 Å². The molecule has 1 atom stereocenters. The summed E-state index contributed by atoms with van der Waals surface area (Å²) in [6, 6.07) is 3.13. The molecule has 0 bridgehead atoms. The molecule has 1 aliphatic rings. The molecule has 1 aromatic rings. The van der Waals surface area contributed by atoms with Crippen molar-refractivity contribution >= 4 is 17.6 Å². The van der Waals surface area contributed by atoms with Crippen molar-refractivity contribution in [1.82, 2.24) is 0 Å². The third-order valence-corrected chi connectivity index (χ3v) is 4.21. The largest absolute Gasteiger partial charge is 0.491 e. The normalized spacial score (nSPS) is 16.5. The minimum atomic E-state index is -0.863. The van der Waals surface area contributed by atoms with E-state index in [1.807, 2.05) is 6.07 Å². The Bertz CT molecular complexity index is 529. The van der Waals surface area contributed by atoms with Crippen LogP contribution in [-0.2, 0) is 4.79 Å². The zero-order valence-corrected chi connectivity index (χ0v) is 13.4. The average molecular weight is 328 g/mol. The summed E-state index contributed by atoms with van der Waals surface area (Å²) in [7, 11) is 1.55. The summed E-state index contributed by atoms with van der Waals surface area (Å²) in [5, 5.41) is 9.19. The number of halogens is 1. The maximum absolute atomic E-state index is 10.7. The van der Waals surface area contributed by atoms with E-state index >= 15 is 0 Å². The molecule has 0 spiro atoms. The zero-order valence-electron chi connectivity index (χ0n) is 12.7. The minimum absolute atomic E-state index is 0.0175. The maximum Gasteiger partial charge on any atom is 0.303 e. The second-order valence-corrected chi connectivity index (χ2v) is 6.00. The molecule has 0 radical (unpaired) electrons. The quantitative estimate of drug-likeness (QED) is 0.800. The molecular weight excluding hydrogens is 306 g/mol. The van der Waals surface area contributed by atoms with Crippen molar-refractivity contribution < 1.29 is 19.4 Å². The highest BCUT2D eigenvalue weighted by atomic mass is 35.5. The highest BCUT2D eigenvalue weighted by Crippen LogP contribution is 2.40. The fraction of sp³-hybridized carbons (Fsp3) is 0.562. The Morgan fingerprint density at radius 2 is 2.14 bits per heavy atom. The van der Waals surface area contributed by atoms with Crippen LogP contribution in [0.2, 0.25) is 5.02 Å². The van der Waals surface area contributed by atoms with Gasteiger partial charge in [0.15, 0.2) is 11.5 Å². The fourth-order valence-corrected chi connectivity index (χ4v) is 3.02. The maximum atomic E-state index is 10.7. The van der Waals surface area contributed by atoms with Gasteiger partial charge in [-0.15, -0.1) is 0 Å². The van der Waals surface area contributed by atoms with Gasteiger partial charge in [-0.05, 0) is 49.8 Å². The molecule has 22 heavy (non-hydrogen) atoms. The lowest BCUT2D eigenvalue weighted by atomic mass is 10.0. The van der Waals surface area contributed by atoms with Gasteiger partial charge in [-0.3, -0.25) is 4.79 Å². The van der Waals surface area contributed by atoms with Gasteiger partial charge in [0.1, 0.15) is 0 Å². The van der Waals surface area contributed by atoms with Gasteiger partial charge in [0.25, 0.3) is 0 Å². The molecule has 0 aliphatic heterocycles. The van der Waals surface area contributed by atoms with E-state index in [2.05, 4.69) is 0 Å². The molecule has 0 saturated heterocycles. The lowest BCUT2D eigenvalue weighted by molar-refractivity contribution is -0.137. The Labute approximate surface area is 135 Å². The van der Waals surface area contributed by atoms with Gasteiger partial charge in [0, 0.05) is 12.5 Å². The van der Waals surface area contributed by atoms with Crippen molar-refractivity contribution in [3.63, 3.8) is 0 Å². The lowest BCUT2D eigenvalue weighted by Crippen LogP contribution is -2.15. The van der Waals surface area contributed by atoms with Crippen LogP contribution in [0.1, 0.15) is 50.1 Å². The van der Waals surface area contributed by atoms with Crippen molar-refractivity contribution in [1.29, 1.82) is 0 Å². The minimum Gasteiger partial charge on any atom is -0.491 e. The first-order valence-electron chi connectivity index (χ1n) is 7.52. The summed E-state index contributed by atoms with van der Waals surface area (Å²) in [5.41, 5.74) is 6.83. The molecule has 5 nitrogen and oxygen atoms in total. The predicted octanol–water partition coefficient (Wildman–Crippen LogP) is 3.53. The van der Waals surface area contributed by atoms with Gasteiger partial charge in [-0.1, -0.05) is 11.6 Å². The number of benzene rings is 1. The number of hydrogen-bond acceptors (Lipinski definition) is 4. The second kappa shape index (κ2) is 7.70. The number of methoxy groups -OCH3 is 1. The number of carbonyl (C=O) groups is 1. The predicted molar refractivity (Wildman–Crippen MR) is 84.7 cm³/mol. The Morgan fingerprint density at radius 1 is 1.45 bits per heavy atom. The number of carboxylic acids is 1. The molecule has 2 rings (SSSR count). The first-order valence-corrected chi connectivity index (χ1v) is 7.90. The first-order chi connectivity index (χ1) is 10.5. The molecule has 1 saturated carbocycles. The Balaban J connectivity index is 2.20. The van der Waals surface area contributed by atoms with Crippen molar-refractivity contribution in [2.45, 2.75) is 50.7 Å². The van der Waals surface area contributed by atoms with E-state index in [0.717, 1.165) is 18.4 Å². The van der Waals surface area contributed by atoms with Crippen molar-refractivity contribution in [2.75, 3.05) is 7.11 Å². The van der Waals surface area contributed by atoms with Crippen molar-refractivity contribution in [3.8, 4) is 11.5 Å². The molecular formula is C16H22ClNO4. The molecule has 1 aromatic carbocycles. The highest BCUT2D eigenvalue weighted by molar-refractivity contribution is 6.32. The molecule has 0 heterocycles. The van der Waals surface area contributed by atoms with E-state index < -0.39 is 12.0 Å². The molecule has 3 N–H and O–H groups in total. The second-order valence-electron chi connectivity index (χ2n) is 5.60. The van der Waals surface area contributed by atoms with E-state index in [-0.39, 0.29) is 12.5 Å². The van der Waals surface area contributed by atoms with Gasteiger partial charge in [-0.2, -0.15) is 0 Å². The van der Waals surface area contributed by atoms with E-state index in [9.17, 15) is 4.79 Å². The summed E-state index contributed by atoms with van der Waals surface area (Å²) >= 11 is 6.25. The number of hydrogen-bond donors (Lipinski definition) is 2. The van der Waals surface area contributed by atoms with Gasteiger partial charge in [-0.25, -0.2) is 0 Å². The monoisotopic (exact) mass is 327 g/mol. The van der Waals surface area contributed by atoms with E-state index in [1.54, 1.807) is 13.2 Å². The summed E-state index contributed by atoms with van der Waals surface area (Å²) in [4.78, 5) is 10.7. The van der Waals surface area contributed by atoms with Crippen molar-refractivity contribution in [3.05, 3.63) is 22.7 Å². The van der Waals surface area contributed by atoms with Crippen LogP contribution in [0.3, 0.4) is 0 Å². The van der Waals surface area contributed by atoms with E-state index in [4.69, 9.17) is 31.9 Å². The van der Waals surface area contributed by atoms with Gasteiger partial charge in [0.2, 0.25) is 0 Å². The van der Waals surface area contributed by atoms with Crippen LogP contribution in [0.25, 0.3) is 0 Å². The zero-order chi connectivity index (χ0) is 16.1. The number of aliphatic carboxylic acids is 1. The summed E-state index contributed by atoms with van der Waals surface area (Å²) in [5.74, 6) is 0.225. The molecule has 1 fully saturated rings. The molecule has 1 unspecified atom stereocenters.